The van der Waals surface area contributed by atoms with Crippen molar-refractivity contribution in [1.29, 1.82) is 0 Å². The first-order chi connectivity index (χ1) is 7.31. The molecule has 0 spiro atoms. The second kappa shape index (κ2) is 4.73. The molecule has 1 N–H and O–H groups in total. The van der Waals surface area contributed by atoms with Gasteiger partial charge in [-0.05, 0) is 24.1 Å². The van der Waals surface area contributed by atoms with Crippen molar-refractivity contribution < 1.29 is 4.39 Å². The smallest absolute Gasteiger partial charge is 0.147 e. The van der Waals surface area contributed by atoms with E-state index in [2.05, 4.69) is 5.32 Å². The summed E-state index contributed by atoms with van der Waals surface area (Å²) in [5, 5.41) is 4.16. The molecular formula is C12H14FNS. The monoisotopic (exact) mass is 223 g/mol. The van der Waals surface area contributed by atoms with Gasteiger partial charge in [0.25, 0.3) is 0 Å². The van der Waals surface area contributed by atoms with E-state index >= 15 is 0 Å². The van der Waals surface area contributed by atoms with Crippen LogP contribution >= 0.6 is 11.3 Å². The minimum Gasteiger partial charge on any atom is -0.314 e. The Balaban J connectivity index is 2.20. The number of hydrogen-bond donors (Lipinski definition) is 1. The first kappa shape index (κ1) is 10.6. The Morgan fingerprint density at radius 2 is 2.20 bits per heavy atom. The Morgan fingerprint density at radius 1 is 1.40 bits per heavy atom. The fourth-order valence-electron chi connectivity index (χ4n) is 1.53. The highest BCUT2D eigenvalue weighted by Gasteiger charge is 2.12. The molecule has 2 aromatic rings. The second-order valence-corrected chi connectivity index (χ2v) is 4.58. The fourth-order valence-corrected chi connectivity index (χ4v) is 2.57. The molecule has 1 aromatic heterocycles. The van der Waals surface area contributed by atoms with E-state index in [-0.39, 0.29) is 0 Å². The summed E-state index contributed by atoms with van der Waals surface area (Å²) in [5.74, 6) is 0. The zero-order chi connectivity index (χ0) is 10.7. The number of halogens is 1. The maximum Gasteiger partial charge on any atom is 0.147 e. The standard InChI is InChI=1S/C12H14FNS/c1-2-14-8-10(13)12-7-9-5-3-4-6-11(9)15-12/h3-7,10,14H,2,8H2,1H3. The molecule has 0 amide bonds. The quantitative estimate of drug-likeness (QED) is 0.836. The van der Waals surface area contributed by atoms with Gasteiger partial charge in [-0.15, -0.1) is 11.3 Å². The van der Waals surface area contributed by atoms with Gasteiger partial charge >= 0.3 is 0 Å². The Bertz CT molecular complexity index is 405. The van der Waals surface area contributed by atoms with Gasteiger partial charge < -0.3 is 5.32 Å². The van der Waals surface area contributed by atoms with Gasteiger partial charge in [0.1, 0.15) is 6.17 Å². The number of likely N-dealkylation sites (N-methyl/N-ethyl adjacent to an activating group) is 1. The maximum absolute atomic E-state index is 13.7. The lowest BCUT2D eigenvalue weighted by Crippen LogP contribution is -2.18. The van der Waals surface area contributed by atoms with Crippen molar-refractivity contribution in [3.63, 3.8) is 0 Å². The summed E-state index contributed by atoms with van der Waals surface area (Å²) in [6, 6.07) is 9.97. The van der Waals surface area contributed by atoms with E-state index in [4.69, 9.17) is 0 Å². The van der Waals surface area contributed by atoms with Gasteiger partial charge in [-0.3, -0.25) is 0 Å². The molecule has 0 fully saturated rings. The van der Waals surface area contributed by atoms with E-state index in [0.717, 1.165) is 21.5 Å². The molecule has 0 radical (unpaired) electrons. The lowest BCUT2D eigenvalue weighted by atomic mass is 10.2. The van der Waals surface area contributed by atoms with Crippen LogP contribution in [0.3, 0.4) is 0 Å². The summed E-state index contributed by atoms with van der Waals surface area (Å²) in [5.41, 5.74) is 0. The van der Waals surface area contributed by atoms with Crippen LogP contribution in [0.2, 0.25) is 0 Å². The van der Waals surface area contributed by atoms with Gasteiger partial charge in [0, 0.05) is 16.1 Å². The maximum atomic E-state index is 13.7. The Hall–Kier alpha value is -0.930. The zero-order valence-electron chi connectivity index (χ0n) is 8.66. The lowest BCUT2D eigenvalue weighted by Gasteiger charge is -2.04. The van der Waals surface area contributed by atoms with Crippen LogP contribution in [0.1, 0.15) is 18.0 Å². The number of benzene rings is 1. The molecule has 0 aliphatic heterocycles. The highest BCUT2D eigenvalue weighted by Crippen LogP contribution is 2.31. The van der Waals surface area contributed by atoms with Crippen LogP contribution < -0.4 is 5.32 Å². The molecule has 0 aliphatic rings. The van der Waals surface area contributed by atoms with Gasteiger partial charge in [0.2, 0.25) is 0 Å². The minimum atomic E-state index is -0.887. The van der Waals surface area contributed by atoms with Crippen LogP contribution in [-0.4, -0.2) is 13.1 Å². The van der Waals surface area contributed by atoms with E-state index in [1.165, 1.54) is 0 Å². The third-order valence-electron chi connectivity index (χ3n) is 2.33. The van der Waals surface area contributed by atoms with Crippen molar-refractivity contribution in [3.05, 3.63) is 35.2 Å². The van der Waals surface area contributed by atoms with E-state index in [9.17, 15) is 4.39 Å². The predicted molar refractivity (Wildman–Crippen MR) is 64.2 cm³/mol. The summed E-state index contributed by atoms with van der Waals surface area (Å²) in [6.07, 6.45) is -0.887. The van der Waals surface area contributed by atoms with Crippen LogP contribution in [0, 0.1) is 0 Å². The zero-order valence-corrected chi connectivity index (χ0v) is 9.48. The summed E-state index contributed by atoms with van der Waals surface area (Å²) in [4.78, 5) is 0.817. The molecular weight excluding hydrogens is 209 g/mol. The molecule has 1 nitrogen and oxygen atoms in total. The summed E-state index contributed by atoms with van der Waals surface area (Å²) in [6.45, 7) is 3.20. The molecule has 2 rings (SSSR count). The third kappa shape index (κ3) is 2.36. The number of hydrogen-bond acceptors (Lipinski definition) is 2. The summed E-state index contributed by atoms with van der Waals surface area (Å²) in [7, 11) is 0. The summed E-state index contributed by atoms with van der Waals surface area (Å²) >= 11 is 1.54. The minimum absolute atomic E-state index is 0.406. The van der Waals surface area contributed by atoms with E-state index in [1.807, 2.05) is 37.3 Å². The van der Waals surface area contributed by atoms with Crippen LogP contribution in [0.15, 0.2) is 30.3 Å². The van der Waals surface area contributed by atoms with E-state index in [1.54, 1.807) is 11.3 Å². The molecule has 1 heterocycles. The average Bonchev–Trinajstić information content (AvgIpc) is 2.69. The van der Waals surface area contributed by atoms with Crippen molar-refractivity contribution in [1.82, 2.24) is 5.32 Å². The summed E-state index contributed by atoms with van der Waals surface area (Å²) < 4.78 is 14.9. The number of nitrogens with one attached hydrogen (secondary N) is 1. The highest BCUT2D eigenvalue weighted by atomic mass is 32.1. The molecule has 1 atom stereocenters. The van der Waals surface area contributed by atoms with E-state index < -0.39 is 6.17 Å². The number of fused-ring (bicyclic) bond motifs is 1. The molecule has 1 aromatic carbocycles. The van der Waals surface area contributed by atoms with Gasteiger partial charge in [-0.1, -0.05) is 25.1 Å². The van der Waals surface area contributed by atoms with Crippen LogP contribution in [0.4, 0.5) is 4.39 Å². The van der Waals surface area contributed by atoms with Gasteiger partial charge in [-0.25, -0.2) is 4.39 Å². The lowest BCUT2D eigenvalue weighted by molar-refractivity contribution is 0.336. The molecule has 1 unspecified atom stereocenters. The molecule has 0 saturated carbocycles. The van der Waals surface area contributed by atoms with E-state index in [0.29, 0.717) is 6.54 Å². The Kier molecular flexibility index (Phi) is 3.34. The van der Waals surface area contributed by atoms with Crippen molar-refractivity contribution in [2.24, 2.45) is 0 Å². The van der Waals surface area contributed by atoms with Crippen molar-refractivity contribution in [2.45, 2.75) is 13.1 Å². The van der Waals surface area contributed by atoms with Crippen LogP contribution in [0.5, 0.6) is 0 Å². The molecule has 80 valence electrons. The number of thiophene rings is 1. The van der Waals surface area contributed by atoms with Crippen molar-refractivity contribution >= 4 is 21.4 Å². The van der Waals surface area contributed by atoms with Crippen LogP contribution in [0.25, 0.3) is 10.1 Å². The molecule has 0 saturated heterocycles. The Morgan fingerprint density at radius 3 is 2.93 bits per heavy atom. The fraction of sp³-hybridized carbons (Fsp3) is 0.333. The molecule has 0 aliphatic carbocycles. The third-order valence-corrected chi connectivity index (χ3v) is 3.53. The Labute approximate surface area is 92.9 Å². The normalized spacial score (nSPS) is 13.2. The number of alkyl halides is 1. The first-order valence-electron chi connectivity index (χ1n) is 5.14. The molecule has 0 bridgehead atoms. The van der Waals surface area contributed by atoms with Crippen molar-refractivity contribution in [2.75, 3.05) is 13.1 Å². The second-order valence-electron chi connectivity index (χ2n) is 3.46. The largest absolute Gasteiger partial charge is 0.314 e. The average molecular weight is 223 g/mol. The van der Waals surface area contributed by atoms with Gasteiger partial charge in [-0.2, -0.15) is 0 Å². The first-order valence-corrected chi connectivity index (χ1v) is 5.96. The van der Waals surface area contributed by atoms with Gasteiger partial charge in [0.15, 0.2) is 0 Å². The van der Waals surface area contributed by atoms with Crippen molar-refractivity contribution in [3.8, 4) is 0 Å². The highest BCUT2D eigenvalue weighted by molar-refractivity contribution is 7.19. The molecule has 15 heavy (non-hydrogen) atoms. The molecule has 3 heteroatoms. The topological polar surface area (TPSA) is 12.0 Å². The van der Waals surface area contributed by atoms with Crippen LogP contribution in [-0.2, 0) is 0 Å². The van der Waals surface area contributed by atoms with Gasteiger partial charge in [0.05, 0.1) is 0 Å². The SMILES string of the molecule is CCNCC(F)c1cc2ccccc2s1. The predicted octanol–water partition coefficient (Wildman–Crippen LogP) is 3.52. The number of rotatable bonds is 4.